The molecule has 0 amide bonds. The number of carboxylic acids is 1. The van der Waals surface area contributed by atoms with E-state index in [2.05, 4.69) is 0 Å². The molecule has 0 aliphatic carbocycles. The van der Waals surface area contributed by atoms with Crippen molar-refractivity contribution >= 4 is 17.6 Å². The Morgan fingerprint density at radius 1 is 1.53 bits per heavy atom. The molecular weight excluding hydrogens is 251 g/mol. The van der Waals surface area contributed by atoms with E-state index in [1.54, 1.807) is 0 Å². The normalized spacial score (nSPS) is 12.4. The molecule has 0 fully saturated rings. The van der Waals surface area contributed by atoms with Gasteiger partial charge in [-0.1, -0.05) is 17.7 Å². The summed E-state index contributed by atoms with van der Waals surface area (Å²) >= 11 is 5.56. The molecule has 0 spiro atoms. The first kappa shape index (κ1) is 13.9. The monoisotopic (exact) mass is 262 g/mol. The Bertz CT molecular complexity index is 397. The molecule has 0 aromatic heterocycles. The topological polar surface area (TPSA) is 66.8 Å². The van der Waals surface area contributed by atoms with Gasteiger partial charge in [0.25, 0.3) is 0 Å². The summed E-state index contributed by atoms with van der Waals surface area (Å²) in [5.41, 5.74) is 0.266. The highest BCUT2D eigenvalue weighted by Gasteiger charge is 2.21. The van der Waals surface area contributed by atoms with Crippen LogP contribution in [0.1, 0.15) is 18.1 Å². The fourth-order valence-electron chi connectivity index (χ4n) is 1.25. The molecule has 1 rings (SSSR count). The predicted molar refractivity (Wildman–Crippen MR) is 59.4 cm³/mol. The molecule has 6 heteroatoms. The molecule has 0 bridgehead atoms. The van der Waals surface area contributed by atoms with Crippen LogP contribution in [0.4, 0.5) is 4.39 Å². The predicted octanol–water partition coefficient (Wildman–Crippen LogP) is 2.00. The highest BCUT2D eigenvalue weighted by Crippen LogP contribution is 2.23. The van der Waals surface area contributed by atoms with Crippen molar-refractivity contribution in [1.29, 1.82) is 0 Å². The smallest absolute Gasteiger partial charge is 0.337 e. The molecule has 94 valence electrons. The van der Waals surface area contributed by atoms with Gasteiger partial charge in [-0.25, -0.2) is 9.18 Å². The van der Waals surface area contributed by atoms with Crippen molar-refractivity contribution < 1.29 is 24.1 Å². The third kappa shape index (κ3) is 3.96. The van der Waals surface area contributed by atoms with Gasteiger partial charge in [-0.15, -0.1) is 0 Å². The van der Waals surface area contributed by atoms with Crippen molar-refractivity contribution in [2.24, 2.45) is 0 Å². The van der Waals surface area contributed by atoms with Crippen LogP contribution in [0.15, 0.2) is 18.2 Å². The summed E-state index contributed by atoms with van der Waals surface area (Å²) in [7, 11) is 0. The van der Waals surface area contributed by atoms with Crippen LogP contribution in [0.25, 0.3) is 0 Å². The summed E-state index contributed by atoms with van der Waals surface area (Å²) in [5.74, 6) is -1.81. The van der Waals surface area contributed by atoms with Crippen LogP contribution in [-0.2, 0) is 9.53 Å². The van der Waals surface area contributed by atoms with Crippen molar-refractivity contribution in [3.05, 3.63) is 34.6 Å². The minimum Gasteiger partial charge on any atom is -0.479 e. The van der Waals surface area contributed by atoms with Gasteiger partial charge in [0, 0.05) is 6.61 Å². The quantitative estimate of drug-likeness (QED) is 0.770. The second kappa shape index (κ2) is 6.54. The lowest BCUT2D eigenvalue weighted by molar-refractivity contribution is -0.151. The Balaban J connectivity index is 2.82. The van der Waals surface area contributed by atoms with Crippen molar-refractivity contribution in [1.82, 2.24) is 0 Å². The zero-order valence-corrected chi connectivity index (χ0v) is 9.65. The second-order valence-electron chi connectivity index (χ2n) is 3.34. The van der Waals surface area contributed by atoms with Gasteiger partial charge in [0.2, 0.25) is 0 Å². The Morgan fingerprint density at radius 2 is 2.24 bits per heavy atom. The molecule has 1 unspecified atom stereocenters. The van der Waals surface area contributed by atoms with Gasteiger partial charge in [0.1, 0.15) is 5.82 Å². The molecule has 0 heterocycles. The van der Waals surface area contributed by atoms with Crippen molar-refractivity contribution in [2.45, 2.75) is 12.5 Å². The van der Waals surface area contributed by atoms with Gasteiger partial charge in [-0.2, -0.15) is 0 Å². The van der Waals surface area contributed by atoms with Crippen LogP contribution in [0, 0.1) is 5.82 Å². The van der Waals surface area contributed by atoms with Gasteiger partial charge in [-0.3, -0.25) is 0 Å². The van der Waals surface area contributed by atoms with E-state index in [4.69, 9.17) is 26.6 Å². The van der Waals surface area contributed by atoms with E-state index < -0.39 is 17.9 Å². The Kier molecular flexibility index (Phi) is 5.34. The largest absolute Gasteiger partial charge is 0.479 e. The van der Waals surface area contributed by atoms with Crippen LogP contribution >= 0.6 is 11.6 Å². The number of ether oxygens (including phenoxy) is 1. The maximum Gasteiger partial charge on any atom is 0.337 e. The Hall–Kier alpha value is -1.17. The first-order chi connectivity index (χ1) is 8.06. The van der Waals surface area contributed by atoms with E-state index in [1.807, 2.05) is 0 Å². The van der Waals surface area contributed by atoms with E-state index in [9.17, 15) is 9.18 Å². The van der Waals surface area contributed by atoms with Crippen LogP contribution in [0.5, 0.6) is 0 Å². The standard InChI is InChI=1S/C11H12ClFO4/c12-8-6-7(2-3-9(8)13)10(11(15)16)17-5-1-4-14/h2-3,6,10,14H,1,4-5H2,(H,15,16). The average Bonchev–Trinajstić information content (AvgIpc) is 2.28. The number of halogens is 2. The highest BCUT2D eigenvalue weighted by molar-refractivity contribution is 6.30. The fourth-order valence-corrected chi connectivity index (χ4v) is 1.44. The number of benzene rings is 1. The average molecular weight is 263 g/mol. The van der Waals surface area contributed by atoms with Crippen LogP contribution in [0.3, 0.4) is 0 Å². The molecule has 2 N–H and O–H groups in total. The molecule has 17 heavy (non-hydrogen) atoms. The summed E-state index contributed by atoms with van der Waals surface area (Å²) < 4.78 is 18.0. The summed E-state index contributed by atoms with van der Waals surface area (Å²) in [4.78, 5) is 11.0. The zero-order chi connectivity index (χ0) is 12.8. The van der Waals surface area contributed by atoms with E-state index in [0.717, 1.165) is 6.07 Å². The molecule has 1 aromatic carbocycles. The van der Waals surface area contributed by atoms with Crippen molar-refractivity contribution in [3.8, 4) is 0 Å². The lowest BCUT2D eigenvalue weighted by Crippen LogP contribution is -2.16. The molecule has 0 radical (unpaired) electrons. The lowest BCUT2D eigenvalue weighted by Gasteiger charge is -2.14. The first-order valence-corrected chi connectivity index (χ1v) is 5.34. The number of carboxylic acid groups (broad SMARTS) is 1. The summed E-state index contributed by atoms with van der Waals surface area (Å²) in [6.07, 6.45) is -0.877. The molecule has 4 nitrogen and oxygen atoms in total. The summed E-state index contributed by atoms with van der Waals surface area (Å²) in [5, 5.41) is 17.4. The van der Waals surface area contributed by atoms with Crippen LogP contribution < -0.4 is 0 Å². The minimum absolute atomic E-state index is 0.0868. The molecule has 1 aromatic rings. The minimum atomic E-state index is -1.21. The van der Waals surface area contributed by atoms with Crippen molar-refractivity contribution in [3.63, 3.8) is 0 Å². The van der Waals surface area contributed by atoms with Gasteiger partial charge in [0.05, 0.1) is 11.6 Å². The molecule has 0 saturated carbocycles. The lowest BCUT2D eigenvalue weighted by atomic mass is 10.1. The van der Waals surface area contributed by atoms with E-state index in [-0.39, 0.29) is 23.8 Å². The number of hydrogen-bond acceptors (Lipinski definition) is 3. The Labute approximate surface area is 103 Å². The molecule has 0 aliphatic rings. The van der Waals surface area contributed by atoms with Gasteiger partial charge >= 0.3 is 5.97 Å². The van der Waals surface area contributed by atoms with E-state index in [1.165, 1.54) is 12.1 Å². The number of aliphatic carboxylic acids is 1. The van der Waals surface area contributed by atoms with Crippen LogP contribution in [0.2, 0.25) is 5.02 Å². The van der Waals surface area contributed by atoms with Crippen LogP contribution in [-0.4, -0.2) is 29.4 Å². The Morgan fingerprint density at radius 3 is 2.76 bits per heavy atom. The highest BCUT2D eigenvalue weighted by atomic mass is 35.5. The number of hydrogen-bond donors (Lipinski definition) is 2. The van der Waals surface area contributed by atoms with E-state index >= 15 is 0 Å². The zero-order valence-electron chi connectivity index (χ0n) is 8.90. The van der Waals surface area contributed by atoms with Gasteiger partial charge in [-0.05, 0) is 24.1 Å². The second-order valence-corrected chi connectivity index (χ2v) is 3.75. The number of aliphatic hydroxyl groups excluding tert-OH is 1. The van der Waals surface area contributed by atoms with E-state index in [0.29, 0.717) is 6.42 Å². The summed E-state index contributed by atoms with van der Waals surface area (Å²) in [6, 6.07) is 3.61. The first-order valence-electron chi connectivity index (χ1n) is 4.96. The third-order valence-electron chi connectivity index (χ3n) is 2.06. The molecule has 0 saturated heterocycles. The maximum atomic E-state index is 12.9. The molecule has 0 aliphatic heterocycles. The van der Waals surface area contributed by atoms with Gasteiger partial charge in [0.15, 0.2) is 6.10 Å². The SMILES string of the molecule is O=C(O)C(OCCCO)c1ccc(F)c(Cl)c1. The molecule has 1 atom stereocenters. The number of aliphatic hydroxyl groups is 1. The number of rotatable bonds is 6. The number of carbonyl (C=O) groups is 1. The molecular formula is C11H12ClFO4. The summed E-state index contributed by atoms with van der Waals surface area (Å²) in [6.45, 7) is 0.0129. The maximum absolute atomic E-state index is 12.9. The third-order valence-corrected chi connectivity index (χ3v) is 2.35. The van der Waals surface area contributed by atoms with Crippen molar-refractivity contribution in [2.75, 3.05) is 13.2 Å². The fraction of sp³-hybridized carbons (Fsp3) is 0.364. The van der Waals surface area contributed by atoms with Gasteiger partial charge < -0.3 is 14.9 Å².